The minimum Gasteiger partial charge on any atom is -0.493 e. The first kappa shape index (κ1) is 10.4. The van der Waals surface area contributed by atoms with Gasteiger partial charge in [0.25, 0.3) is 0 Å². The van der Waals surface area contributed by atoms with E-state index in [2.05, 4.69) is 12.1 Å². The Bertz CT molecular complexity index is 472. The van der Waals surface area contributed by atoms with E-state index < -0.39 is 0 Å². The van der Waals surface area contributed by atoms with E-state index in [0.717, 1.165) is 25.3 Å². The van der Waals surface area contributed by atoms with E-state index in [1.54, 1.807) is 9.80 Å². The molecule has 90 valence electrons. The van der Waals surface area contributed by atoms with E-state index in [-0.39, 0.29) is 12.1 Å². The molecule has 3 rings (SSSR count). The van der Waals surface area contributed by atoms with Gasteiger partial charge in [0, 0.05) is 27.1 Å². The molecule has 0 aromatic heterocycles. The van der Waals surface area contributed by atoms with Crippen LogP contribution in [0.2, 0.25) is 0 Å². The van der Waals surface area contributed by atoms with E-state index in [1.165, 1.54) is 11.1 Å². The number of fused-ring (bicyclic) bond motifs is 1. The van der Waals surface area contributed by atoms with Crippen LogP contribution < -0.4 is 4.74 Å². The third-order valence-electron chi connectivity index (χ3n) is 3.64. The number of carbonyl (C=O) groups excluding carboxylic acids is 1. The zero-order chi connectivity index (χ0) is 12.0. The van der Waals surface area contributed by atoms with Gasteiger partial charge in [-0.05, 0) is 23.3 Å². The molecule has 17 heavy (non-hydrogen) atoms. The van der Waals surface area contributed by atoms with Gasteiger partial charge in [0.15, 0.2) is 0 Å². The number of carbonyl (C=O) groups is 1. The highest BCUT2D eigenvalue weighted by atomic mass is 16.5. The second kappa shape index (κ2) is 3.65. The third kappa shape index (κ3) is 1.55. The van der Waals surface area contributed by atoms with E-state index >= 15 is 0 Å². The first-order valence-electron chi connectivity index (χ1n) is 5.90. The SMILES string of the molecule is CN1CC(c2ccc3c(c2)CCO3)N(C)C1=O. The number of ether oxygens (including phenoxy) is 1. The molecular formula is C13H16N2O2. The van der Waals surface area contributed by atoms with Crippen LogP contribution in [0.3, 0.4) is 0 Å². The van der Waals surface area contributed by atoms with Gasteiger partial charge in [-0.15, -0.1) is 0 Å². The fourth-order valence-electron chi connectivity index (χ4n) is 2.61. The molecule has 2 aliphatic heterocycles. The number of amides is 2. The van der Waals surface area contributed by atoms with Crippen molar-refractivity contribution in [1.82, 2.24) is 9.80 Å². The predicted molar refractivity (Wildman–Crippen MR) is 64.2 cm³/mol. The average Bonchev–Trinajstić information content (AvgIpc) is 2.89. The van der Waals surface area contributed by atoms with Gasteiger partial charge >= 0.3 is 6.03 Å². The molecule has 1 aromatic carbocycles. The lowest BCUT2D eigenvalue weighted by molar-refractivity contribution is 0.201. The molecule has 0 spiro atoms. The van der Waals surface area contributed by atoms with E-state index in [4.69, 9.17) is 4.74 Å². The second-order valence-corrected chi connectivity index (χ2v) is 4.76. The predicted octanol–water partition coefficient (Wildman–Crippen LogP) is 1.66. The first-order chi connectivity index (χ1) is 8.16. The summed E-state index contributed by atoms with van der Waals surface area (Å²) in [5.74, 6) is 0.995. The van der Waals surface area contributed by atoms with Crippen molar-refractivity contribution in [2.75, 3.05) is 27.2 Å². The molecule has 4 heteroatoms. The van der Waals surface area contributed by atoms with Crippen molar-refractivity contribution in [3.05, 3.63) is 29.3 Å². The van der Waals surface area contributed by atoms with Crippen LogP contribution >= 0.6 is 0 Å². The molecule has 2 aliphatic rings. The largest absolute Gasteiger partial charge is 0.493 e. The number of hydrogen-bond acceptors (Lipinski definition) is 2. The van der Waals surface area contributed by atoms with Gasteiger partial charge in [0.05, 0.1) is 12.6 Å². The highest BCUT2D eigenvalue weighted by molar-refractivity contribution is 5.77. The highest BCUT2D eigenvalue weighted by Crippen LogP contribution is 2.32. The van der Waals surface area contributed by atoms with Crippen LogP contribution in [-0.2, 0) is 6.42 Å². The van der Waals surface area contributed by atoms with Crippen LogP contribution in [0.5, 0.6) is 5.75 Å². The fourth-order valence-corrected chi connectivity index (χ4v) is 2.61. The molecule has 4 nitrogen and oxygen atoms in total. The van der Waals surface area contributed by atoms with Crippen molar-refractivity contribution in [3.63, 3.8) is 0 Å². The van der Waals surface area contributed by atoms with Crippen LogP contribution in [0.25, 0.3) is 0 Å². The third-order valence-corrected chi connectivity index (χ3v) is 3.64. The van der Waals surface area contributed by atoms with Crippen molar-refractivity contribution < 1.29 is 9.53 Å². The zero-order valence-electron chi connectivity index (χ0n) is 10.1. The van der Waals surface area contributed by atoms with E-state index in [9.17, 15) is 4.79 Å². The lowest BCUT2D eigenvalue weighted by Crippen LogP contribution is -2.26. The summed E-state index contributed by atoms with van der Waals surface area (Å²) >= 11 is 0. The van der Waals surface area contributed by atoms with Crippen molar-refractivity contribution in [1.29, 1.82) is 0 Å². The monoisotopic (exact) mass is 232 g/mol. The number of nitrogens with zero attached hydrogens (tertiary/aromatic N) is 2. The highest BCUT2D eigenvalue weighted by Gasteiger charge is 2.33. The molecule has 0 radical (unpaired) electrons. The molecule has 0 N–H and O–H groups in total. The molecule has 1 unspecified atom stereocenters. The van der Waals surface area contributed by atoms with Crippen molar-refractivity contribution in [2.24, 2.45) is 0 Å². The normalized spacial score (nSPS) is 22.9. The van der Waals surface area contributed by atoms with Crippen LogP contribution in [0, 0.1) is 0 Å². The number of benzene rings is 1. The van der Waals surface area contributed by atoms with Crippen molar-refractivity contribution >= 4 is 6.03 Å². The Hall–Kier alpha value is -1.71. The van der Waals surface area contributed by atoms with Gasteiger partial charge in [-0.2, -0.15) is 0 Å². The van der Waals surface area contributed by atoms with Gasteiger partial charge in [-0.1, -0.05) is 6.07 Å². The Morgan fingerprint density at radius 2 is 2.18 bits per heavy atom. The minimum absolute atomic E-state index is 0.0896. The molecule has 2 heterocycles. The standard InChI is InChI=1S/C13H16N2O2/c1-14-8-11(15(2)13(14)16)9-3-4-12-10(7-9)5-6-17-12/h3-4,7,11H,5-6,8H2,1-2H3. The Morgan fingerprint density at radius 3 is 2.88 bits per heavy atom. The molecule has 1 aromatic rings. The molecular weight excluding hydrogens is 216 g/mol. The van der Waals surface area contributed by atoms with E-state index in [1.807, 2.05) is 20.2 Å². The summed E-state index contributed by atoms with van der Waals surface area (Å²) in [5.41, 5.74) is 2.47. The first-order valence-corrected chi connectivity index (χ1v) is 5.90. The van der Waals surface area contributed by atoms with Gasteiger partial charge in [-0.3, -0.25) is 0 Å². The summed E-state index contributed by atoms with van der Waals surface area (Å²) in [7, 11) is 3.70. The molecule has 1 fully saturated rings. The Labute approximate surface area is 101 Å². The molecule has 2 amide bonds. The molecule has 1 atom stereocenters. The summed E-state index contributed by atoms with van der Waals surface area (Å²) in [6, 6.07) is 6.52. The average molecular weight is 232 g/mol. The maximum Gasteiger partial charge on any atom is 0.320 e. The zero-order valence-corrected chi connectivity index (χ0v) is 10.1. The number of likely N-dealkylation sites (N-methyl/N-ethyl adjacent to an activating group) is 2. The summed E-state index contributed by atoms with van der Waals surface area (Å²) in [6.45, 7) is 1.53. The van der Waals surface area contributed by atoms with Gasteiger partial charge in [0.1, 0.15) is 5.75 Å². The summed E-state index contributed by atoms with van der Waals surface area (Å²) < 4.78 is 5.49. The lowest BCUT2D eigenvalue weighted by Gasteiger charge is -2.18. The second-order valence-electron chi connectivity index (χ2n) is 4.76. The van der Waals surface area contributed by atoms with Crippen LogP contribution in [-0.4, -0.2) is 43.1 Å². The fraction of sp³-hybridized carbons (Fsp3) is 0.462. The number of urea groups is 1. The van der Waals surface area contributed by atoms with Gasteiger partial charge < -0.3 is 14.5 Å². The molecule has 0 aliphatic carbocycles. The van der Waals surface area contributed by atoms with E-state index in [0.29, 0.717) is 0 Å². The maximum atomic E-state index is 11.7. The molecule has 0 bridgehead atoms. The Balaban J connectivity index is 1.92. The molecule has 1 saturated heterocycles. The van der Waals surface area contributed by atoms with Crippen LogP contribution in [0.15, 0.2) is 18.2 Å². The van der Waals surface area contributed by atoms with Gasteiger partial charge in [-0.25, -0.2) is 4.79 Å². The van der Waals surface area contributed by atoms with Crippen molar-refractivity contribution in [2.45, 2.75) is 12.5 Å². The van der Waals surface area contributed by atoms with Crippen molar-refractivity contribution in [3.8, 4) is 5.75 Å². The number of hydrogen-bond donors (Lipinski definition) is 0. The van der Waals surface area contributed by atoms with Gasteiger partial charge in [0.2, 0.25) is 0 Å². The minimum atomic E-state index is 0.0896. The Morgan fingerprint density at radius 1 is 1.35 bits per heavy atom. The number of rotatable bonds is 1. The quantitative estimate of drug-likeness (QED) is 0.737. The molecule has 0 saturated carbocycles. The summed E-state index contributed by atoms with van der Waals surface area (Å²) in [6.07, 6.45) is 0.976. The summed E-state index contributed by atoms with van der Waals surface area (Å²) in [4.78, 5) is 15.3. The summed E-state index contributed by atoms with van der Waals surface area (Å²) in [5, 5.41) is 0. The smallest absolute Gasteiger partial charge is 0.320 e. The van der Waals surface area contributed by atoms with Crippen LogP contribution in [0.4, 0.5) is 4.79 Å². The Kier molecular flexibility index (Phi) is 2.24. The topological polar surface area (TPSA) is 32.8 Å². The lowest BCUT2D eigenvalue weighted by atomic mass is 10.0. The maximum absolute atomic E-state index is 11.7. The van der Waals surface area contributed by atoms with Crippen LogP contribution in [0.1, 0.15) is 17.2 Å².